The monoisotopic (exact) mass is 422 g/mol. The number of sulfonamides is 1. The lowest BCUT2D eigenvalue weighted by Gasteiger charge is -2.23. The van der Waals surface area contributed by atoms with Gasteiger partial charge >= 0.3 is 0 Å². The van der Waals surface area contributed by atoms with Crippen molar-refractivity contribution in [3.63, 3.8) is 0 Å². The Morgan fingerprint density at radius 1 is 1.36 bits per heavy atom. The number of nitrogens with zero attached hydrogens (tertiary/aromatic N) is 3. The molecule has 3 rings (SSSR count). The maximum absolute atomic E-state index is 13.2. The van der Waals surface area contributed by atoms with Crippen LogP contribution in [-0.4, -0.2) is 26.3 Å². The van der Waals surface area contributed by atoms with Crippen LogP contribution in [-0.2, 0) is 16.4 Å². The molecule has 1 aliphatic rings. The first-order valence-electron chi connectivity index (χ1n) is 8.64. The van der Waals surface area contributed by atoms with Crippen LogP contribution in [0.2, 0.25) is 0 Å². The van der Waals surface area contributed by atoms with Crippen LogP contribution < -0.4 is 5.73 Å². The smallest absolute Gasteiger partial charge is 0.246 e. The minimum Gasteiger partial charge on any atom is -0.389 e. The Morgan fingerprint density at radius 2 is 2.04 bits per heavy atom. The first-order chi connectivity index (χ1) is 13.3. The van der Waals surface area contributed by atoms with Crippen LogP contribution in [0, 0.1) is 22.1 Å². The van der Waals surface area contributed by atoms with Crippen LogP contribution in [0.15, 0.2) is 34.3 Å². The molecule has 7 nitrogen and oxygen atoms in total. The second-order valence-electron chi connectivity index (χ2n) is 6.66. The lowest BCUT2D eigenvalue weighted by Crippen LogP contribution is -2.30. The topological polar surface area (TPSA) is 117 Å². The number of anilines is 1. The van der Waals surface area contributed by atoms with E-state index in [4.69, 9.17) is 5.73 Å². The van der Waals surface area contributed by atoms with Crippen molar-refractivity contribution in [2.75, 3.05) is 19.3 Å². The Labute approximate surface area is 166 Å². The molecule has 2 atom stereocenters. The number of fused-ring (bicyclic) bond motifs is 1. The highest BCUT2D eigenvalue weighted by atomic mass is 32.2. The number of rotatable bonds is 6. The summed E-state index contributed by atoms with van der Waals surface area (Å²) in [5, 5.41) is 12.6. The highest BCUT2D eigenvalue weighted by Crippen LogP contribution is 2.49. The van der Waals surface area contributed by atoms with E-state index in [0.717, 1.165) is 16.9 Å². The molecule has 0 spiro atoms. The van der Waals surface area contributed by atoms with Crippen LogP contribution >= 0.6 is 11.3 Å². The van der Waals surface area contributed by atoms with Gasteiger partial charge in [-0.2, -0.15) is 10.2 Å². The predicted molar refractivity (Wildman–Crippen MR) is 105 cm³/mol. The highest BCUT2D eigenvalue weighted by Gasteiger charge is 2.39. The highest BCUT2D eigenvalue weighted by molar-refractivity contribution is 7.89. The van der Waals surface area contributed by atoms with Gasteiger partial charge in [-0.15, -0.1) is 11.3 Å². The number of nitrogen functional groups attached to an aromatic ring is 1. The van der Waals surface area contributed by atoms with Crippen molar-refractivity contribution in [1.29, 1.82) is 5.26 Å². The van der Waals surface area contributed by atoms with E-state index in [-0.39, 0.29) is 22.3 Å². The molecule has 28 heavy (non-hydrogen) atoms. The second kappa shape index (κ2) is 7.95. The fraction of sp³-hybridized carbons (Fsp3) is 0.389. The van der Waals surface area contributed by atoms with Gasteiger partial charge in [0.05, 0.1) is 12.0 Å². The van der Waals surface area contributed by atoms with E-state index in [1.165, 1.54) is 23.5 Å². The largest absolute Gasteiger partial charge is 0.389 e. The standard InChI is InChI=1S/C18H19FN4O3S2/c1-23(9-8-11-2-5-13(19)6-3-11)28(25,26)17-15-12(10-20)4-7-14(22-24)16(15)27-18(17)21/h2-3,5-6,12,14H,4,7-9,21H2,1H3. The van der Waals surface area contributed by atoms with Gasteiger partial charge in [-0.1, -0.05) is 17.3 Å². The first kappa shape index (κ1) is 20.4. The van der Waals surface area contributed by atoms with Crippen LogP contribution in [0.25, 0.3) is 0 Å². The summed E-state index contributed by atoms with van der Waals surface area (Å²) in [6.07, 6.45) is 1.15. The SMILES string of the molecule is CN(CCc1ccc(F)cc1)S(=O)(=O)c1c(N)sc2c1C(C#N)CCC2N=O. The normalized spacial score (nSPS) is 19.2. The van der Waals surface area contributed by atoms with Crippen molar-refractivity contribution in [3.8, 4) is 6.07 Å². The van der Waals surface area contributed by atoms with Crippen molar-refractivity contribution in [2.24, 2.45) is 5.18 Å². The number of hydrogen-bond donors (Lipinski definition) is 1. The van der Waals surface area contributed by atoms with E-state index in [9.17, 15) is 23.0 Å². The Morgan fingerprint density at radius 3 is 2.64 bits per heavy atom. The van der Waals surface area contributed by atoms with Gasteiger partial charge in [0.1, 0.15) is 21.8 Å². The summed E-state index contributed by atoms with van der Waals surface area (Å²) in [5.74, 6) is -1.000. The number of hydrogen-bond acceptors (Lipinski definition) is 7. The molecule has 2 aromatic rings. The molecular weight excluding hydrogens is 403 g/mol. The summed E-state index contributed by atoms with van der Waals surface area (Å²) >= 11 is 1.01. The zero-order valence-corrected chi connectivity index (χ0v) is 16.8. The molecule has 0 saturated heterocycles. The second-order valence-corrected chi connectivity index (χ2v) is 9.72. The average molecular weight is 423 g/mol. The molecule has 2 N–H and O–H groups in total. The van der Waals surface area contributed by atoms with Crippen molar-refractivity contribution < 1.29 is 12.8 Å². The maximum Gasteiger partial charge on any atom is 0.246 e. The molecule has 0 radical (unpaired) electrons. The Balaban J connectivity index is 1.93. The van der Waals surface area contributed by atoms with Gasteiger partial charge in [-0.25, -0.2) is 17.1 Å². The molecule has 0 amide bonds. The lowest BCUT2D eigenvalue weighted by molar-refractivity contribution is 0.469. The summed E-state index contributed by atoms with van der Waals surface area (Å²) in [6, 6.07) is 7.28. The minimum absolute atomic E-state index is 0.0643. The number of halogens is 1. The summed E-state index contributed by atoms with van der Waals surface area (Å²) < 4.78 is 40.6. The molecule has 0 saturated carbocycles. The molecule has 0 aliphatic heterocycles. The van der Waals surface area contributed by atoms with E-state index in [1.807, 2.05) is 0 Å². The molecule has 1 aromatic carbocycles. The molecule has 0 fully saturated rings. The van der Waals surface area contributed by atoms with E-state index >= 15 is 0 Å². The third kappa shape index (κ3) is 3.65. The quantitative estimate of drug-likeness (QED) is 0.715. The van der Waals surface area contributed by atoms with Gasteiger partial charge in [0.25, 0.3) is 0 Å². The van der Waals surface area contributed by atoms with Gasteiger partial charge < -0.3 is 5.73 Å². The third-order valence-electron chi connectivity index (χ3n) is 4.91. The zero-order valence-electron chi connectivity index (χ0n) is 15.1. The molecule has 10 heteroatoms. The van der Waals surface area contributed by atoms with Crippen molar-refractivity contribution >= 4 is 26.4 Å². The first-order valence-corrected chi connectivity index (χ1v) is 10.9. The third-order valence-corrected chi connectivity index (χ3v) is 8.14. The molecule has 1 heterocycles. The lowest BCUT2D eigenvalue weighted by atomic mass is 9.86. The average Bonchev–Trinajstić information content (AvgIpc) is 3.04. The van der Waals surface area contributed by atoms with E-state index < -0.39 is 22.0 Å². The van der Waals surface area contributed by atoms with Gasteiger partial charge in [-0.05, 0) is 37.0 Å². The number of thiophene rings is 1. The molecule has 0 bridgehead atoms. The van der Waals surface area contributed by atoms with Crippen molar-refractivity contribution in [2.45, 2.75) is 36.1 Å². The van der Waals surface area contributed by atoms with Crippen LogP contribution in [0.3, 0.4) is 0 Å². The molecule has 1 aromatic heterocycles. The van der Waals surface area contributed by atoms with Crippen LogP contribution in [0.1, 0.15) is 40.8 Å². The molecule has 2 unspecified atom stereocenters. The maximum atomic E-state index is 13.2. The van der Waals surface area contributed by atoms with E-state index in [2.05, 4.69) is 11.2 Å². The van der Waals surface area contributed by atoms with Gasteiger partial charge in [0.2, 0.25) is 10.0 Å². The summed E-state index contributed by atoms with van der Waals surface area (Å²) in [4.78, 5) is 11.5. The van der Waals surface area contributed by atoms with E-state index in [0.29, 0.717) is 29.7 Å². The number of nitriles is 1. The van der Waals surface area contributed by atoms with Gasteiger partial charge in [-0.3, -0.25) is 0 Å². The number of benzene rings is 1. The van der Waals surface area contributed by atoms with Gasteiger partial charge in [0, 0.05) is 24.0 Å². The molecule has 148 valence electrons. The Kier molecular flexibility index (Phi) is 5.79. The zero-order chi connectivity index (χ0) is 20.5. The van der Waals surface area contributed by atoms with Crippen LogP contribution in [0.5, 0.6) is 0 Å². The van der Waals surface area contributed by atoms with Crippen LogP contribution in [0.4, 0.5) is 9.39 Å². The summed E-state index contributed by atoms with van der Waals surface area (Å²) in [6.45, 7) is 0.157. The summed E-state index contributed by atoms with van der Waals surface area (Å²) in [7, 11) is -2.54. The fourth-order valence-electron chi connectivity index (χ4n) is 3.35. The van der Waals surface area contributed by atoms with E-state index in [1.54, 1.807) is 12.1 Å². The number of nitrogens with two attached hydrogens (primary N) is 1. The predicted octanol–water partition coefficient (Wildman–Crippen LogP) is 3.54. The summed E-state index contributed by atoms with van der Waals surface area (Å²) in [5.41, 5.74) is 7.13. The molecular formula is C18H19FN4O3S2. The molecule has 1 aliphatic carbocycles. The van der Waals surface area contributed by atoms with Gasteiger partial charge in [0.15, 0.2) is 0 Å². The minimum atomic E-state index is -3.97. The van der Waals surface area contributed by atoms with Crippen molar-refractivity contribution in [3.05, 3.63) is 51.0 Å². The number of nitroso groups, excluding NO2 is 1. The van der Waals surface area contributed by atoms with Crippen molar-refractivity contribution in [1.82, 2.24) is 4.31 Å². The number of likely N-dealkylation sites (N-methyl/N-ethyl adjacent to an activating group) is 1. The Bertz CT molecular complexity index is 1030. The fourth-order valence-corrected chi connectivity index (χ4v) is 6.38. The Hall–Kier alpha value is -2.35.